The van der Waals surface area contributed by atoms with E-state index >= 15 is 0 Å². The van der Waals surface area contributed by atoms with Crippen LogP contribution in [-0.4, -0.2) is 12.6 Å². The third kappa shape index (κ3) is 2.01. The Morgan fingerprint density at radius 1 is 1.80 bits per heavy atom. The van der Waals surface area contributed by atoms with Crippen molar-refractivity contribution >= 4 is 11.3 Å². The molecule has 1 atom stereocenters. The van der Waals surface area contributed by atoms with Crippen molar-refractivity contribution in [2.45, 2.75) is 13.0 Å². The van der Waals surface area contributed by atoms with Crippen LogP contribution in [0.3, 0.4) is 0 Å². The summed E-state index contributed by atoms with van der Waals surface area (Å²) in [5.41, 5.74) is 5.37. The maximum absolute atomic E-state index is 5.40. The second-order valence-corrected chi connectivity index (χ2v) is 3.01. The van der Waals surface area contributed by atoms with E-state index in [4.69, 9.17) is 10.5 Å². The Kier molecular flexibility index (Phi) is 2.71. The lowest BCUT2D eigenvalue weighted by Crippen LogP contribution is -2.22. The summed E-state index contributed by atoms with van der Waals surface area (Å²) in [6.07, 6.45) is 0.124. The third-order valence-corrected chi connectivity index (χ3v) is 1.90. The van der Waals surface area contributed by atoms with E-state index in [1.165, 1.54) is 0 Å². The first-order valence-corrected chi connectivity index (χ1v) is 4.11. The molecule has 0 saturated carbocycles. The molecule has 56 valence electrons. The van der Waals surface area contributed by atoms with Gasteiger partial charge in [0.1, 0.15) is 6.10 Å². The molecule has 0 aliphatic carbocycles. The molecule has 2 N–H and O–H groups in total. The van der Waals surface area contributed by atoms with Crippen molar-refractivity contribution in [3.05, 3.63) is 17.5 Å². The maximum Gasteiger partial charge on any atom is 0.174 e. The minimum absolute atomic E-state index is 0.124. The lowest BCUT2D eigenvalue weighted by atomic mass is 10.4. The molecule has 1 aromatic rings. The van der Waals surface area contributed by atoms with Crippen molar-refractivity contribution in [1.82, 2.24) is 0 Å². The van der Waals surface area contributed by atoms with Gasteiger partial charge in [-0.05, 0) is 24.4 Å². The summed E-state index contributed by atoms with van der Waals surface area (Å²) in [7, 11) is 0. The molecule has 0 amide bonds. The SMILES string of the molecule is CC(CN)Oc1cccs1. The van der Waals surface area contributed by atoms with Crippen LogP contribution in [0.5, 0.6) is 5.06 Å². The van der Waals surface area contributed by atoms with Gasteiger partial charge in [0.2, 0.25) is 0 Å². The van der Waals surface area contributed by atoms with Crippen LogP contribution in [0.15, 0.2) is 17.5 Å². The van der Waals surface area contributed by atoms with Crippen molar-refractivity contribution in [1.29, 1.82) is 0 Å². The van der Waals surface area contributed by atoms with Crippen molar-refractivity contribution in [3.8, 4) is 5.06 Å². The van der Waals surface area contributed by atoms with Gasteiger partial charge in [0.05, 0.1) is 0 Å². The molecule has 1 heterocycles. The van der Waals surface area contributed by atoms with Crippen LogP contribution in [0.2, 0.25) is 0 Å². The summed E-state index contributed by atoms with van der Waals surface area (Å²) in [6.45, 7) is 2.53. The molecule has 0 fully saturated rings. The number of hydrogen-bond donors (Lipinski definition) is 1. The van der Waals surface area contributed by atoms with Crippen molar-refractivity contribution in [2.75, 3.05) is 6.54 Å². The molecule has 0 bridgehead atoms. The molecule has 2 nitrogen and oxygen atoms in total. The molecular weight excluding hydrogens is 146 g/mol. The number of ether oxygens (including phenoxy) is 1. The largest absolute Gasteiger partial charge is 0.480 e. The Labute approximate surface area is 64.6 Å². The molecule has 1 unspecified atom stereocenters. The molecule has 3 heteroatoms. The first-order valence-electron chi connectivity index (χ1n) is 3.23. The monoisotopic (exact) mass is 157 g/mol. The average Bonchev–Trinajstić information content (AvgIpc) is 2.40. The predicted octanol–water partition coefficient (Wildman–Crippen LogP) is 1.47. The van der Waals surface area contributed by atoms with Gasteiger partial charge in [-0.15, -0.1) is 11.3 Å². The van der Waals surface area contributed by atoms with Gasteiger partial charge in [-0.1, -0.05) is 0 Å². The molecule has 10 heavy (non-hydrogen) atoms. The summed E-state index contributed by atoms with van der Waals surface area (Å²) < 4.78 is 5.40. The highest BCUT2D eigenvalue weighted by Crippen LogP contribution is 2.19. The molecular formula is C7H11NOS. The van der Waals surface area contributed by atoms with E-state index in [-0.39, 0.29) is 6.10 Å². The Morgan fingerprint density at radius 3 is 3.10 bits per heavy atom. The van der Waals surface area contributed by atoms with E-state index in [0.29, 0.717) is 6.54 Å². The fourth-order valence-corrected chi connectivity index (χ4v) is 1.25. The van der Waals surface area contributed by atoms with Gasteiger partial charge < -0.3 is 10.5 Å². The Bertz CT molecular complexity index is 174. The molecule has 0 saturated heterocycles. The van der Waals surface area contributed by atoms with Crippen molar-refractivity contribution in [2.24, 2.45) is 5.73 Å². The Balaban J connectivity index is 2.40. The lowest BCUT2D eigenvalue weighted by molar-refractivity contribution is 0.237. The zero-order chi connectivity index (χ0) is 7.40. The number of nitrogens with two attached hydrogens (primary N) is 1. The molecule has 0 aromatic carbocycles. The van der Waals surface area contributed by atoms with Crippen LogP contribution in [0, 0.1) is 0 Å². The van der Waals surface area contributed by atoms with E-state index in [2.05, 4.69) is 0 Å². The zero-order valence-corrected chi connectivity index (χ0v) is 6.73. The standard InChI is InChI=1S/C7H11NOS/c1-6(5-8)9-7-3-2-4-10-7/h2-4,6H,5,8H2,1H3. The summed E-state index contributed by atoms with van der Waals surface area (Å²) in [6, 6.07) is 3.90. The van der Waals surface area contributed by atoms with Gasteiger partial charge in [-0.3, -0.25) is 0 Å². The molecule has 0 spiro atoms. The quantitative estimate of drug-likeness (QED) is 0.721. The van der Waals surface area contributed by atoms with Crippen molar-refractivity contribution in [3.63, 3.8) is 0 Å². The van der Waals surface area contributed by atoms with E-state index in [1.54, 1.807) is 11.3 Å². The summed E-state index contributed by atoms with van der Waals surface area (Å²) in [5.74, 6) is 0. The van der Waals surface area contributed by atoms with Gasteiger partial charge in [-0.25, -0.2) is 0 Å². The first kappa shape index (κ1) is 7.57. The maximum atomic E-state index is 5.40. The highest BCUT2D eigenvalue weighted by Gasteiger charge is 1.99. The predicted molar refractivity (Wildman–Crippen MR) is 43.5 cm³/mol. The molecule has 0 radical (unpaired) electrons. The first-order chi connectivity index (χ1) is 4.83. The van der Waals surface area contributed by atoms with Gasteiger partial charge in [0, 0.05) is 6.54 Å². The lowest BCUT2D eigenvalue weighted by Gasteiger charge is -2.08. The summed E-state index contributed by atoms with van der Waals surface area (Å²) >= 11 is 1.59. The summed E-state index contributed by atoms with van der Waals surface area (Å²) in [5, 5.41) is 2.93. The van der Waals surface area contributed by atoms with Crippen LogP contribution >= 0.6 is 11.3 Å². The van der Waals surface area contributed by atoms with Gasteiger partial charge >= 0.3 is 0 Å². The smallest absolute Gasteiger partial charge is 0.174 e. The molecule has 0 aliphatic heterocycles. The van der Waals surface area contributed by atoms with Crippen LogP contribution in [-0.2, 0) is 0 Å². The topological polar surface area (TPSA) is 35.2 Å². The minimum atomic E-state index is 0.124. The summed E-state index contributed by atoms with van der Waals surface area (Å²) in [4.78, 5) is 0. The number of rotatable bonds is 3. The number of thiophene rings is 1. The Morgan fingerprint density at radius 2 is 2.60 bits per heavy atom. The van der Waals surface area contributed by atoms with E-state index in [1.807, 2.05) is 24.4 Å². The van der Waals surface area contributed by atoms with Gasteiger partial charge in [-0.2, -0.15) is 0 Å². The minimum Gasteiger partial charge on any atom is -0.480 e. The highest BCUT2D eigenvalue weighted by molar-refractivity contribution is 7.11. The molecule has 1 aromatic heterocycles. The van der Waals surface area contributed by atoms with E-state index in [0.717, 1.165) is 5.06 Å². The van der Waals surface area contributed by atoms with Crippen LogP contribution in [0.4, 0.5) is 0 Å². The van der Waals surface area contributed by atoms with Crippen LogP contribution in [0.1, 0.15) is 6.92 Å². The van der Waals surface area contributed by atoms with Gasteiger partial charge in [0.15, 0.2) is 5.06 Å². The average molecular weight is 157 g/mol. The fraction of sp³-hybridized carbons (Fsp3) is 0.429. The van der Waals surface area contributed by atoms with Crippen LogP contribution < -0.4 is 10.5 Å². The zero-order valence-electron chi connectivity index (χ0n) is 5.91. The van der Waals surface area contributed by atoms with Crippen molar-refractivity contribution < 1.29 is 4.74 Å². The van der Waals surface area contributed by atoms with E-state index in [9.17, 15) is 0 Å². The van der Waals surface area contributed by atoms with E-state index < -0.39 is 0 Å². The normalized spacial score (nSPS) is 13.0. The number of hydrogen-bond acceptors (Lipinski definition) is 3. The second kappa shape index (κ2) is 3.58. The van der Waals surface area contributed by atoms with Gasteiger partial charge in [0.25, 0.3) is 0 Å². The highest BCUT2D eigenvalue weighted by atomic mass is 32.1. The second-order valence-electron chi connectivity index (χ2n) is 2.10. The molecule has 0 aliphatic rings. The third-order valence-electron chi connectivity index (χ3n) is 1.14. The molecule has 1 rings (SSSR count). The fourth-order valence-electron chi connectivity index (χ4n) is 0.577. The Hall–Kier alpha value is -0.540. The van der Waals surface area contributed by atoms with Crippen LogP contribution in [0.25, 0.3) is 0 Å².